The second-order valence-corrected chi connectivity index (χ2v) is 13.0. The van der Waals surface area contributed by atoms with Crippen molar-refractivity contribution in [3.63, 3.8) is 0 Å². The van der Waals surface area contributed by atoms with Gasteiger partial charge in [-0.2, -0.15) is 0 Å². The van der Waals surface area contributed by atoms with Crippen LogP contribution in [0, 0.1) is 13.8 Å². The van der Waals surface area contributed by atoms with Crippen LogP contribution in [-0.4, -0.2) is 80.1 Å². The SMILES string of the molecule is Cc1ccc(C)c(C2=NOC(C(=O)N3C[C@@H](C)N(Cc4cn(C5CCCN(c6ccc(Br)cc6)C5=O)nn4)[C@@H](C)C3)C2)c1. The van der Waals surface area contributed by atoms with E-state index >= 15 is 0 Å². The number of halogens is 1. The summed E-state index contributed by atoms with van der Waals surface area (Å²) in [6, 6.07) is 13.9. The number of aryl methyl sites for hydroxylation is 2. The Morgan fingerprint density at radius 3 is 2.56 bits per heavy atom. The van der Waals surface area contributed by atoms with Gasteiger partial charge in [0, 0.05) is 60.4 Å². The number of piperidine rings is 1. The van der Waals surface area contributed by atoms with Crippen molar-refractivity contribution in [2.24, 2.45) is 5.16 Å². The molecule has 3 aliphatic rings. The Morgan fingerprint density at radius 2 is 1.81 bits per heavy atom. The molecule has 2 amide bonds. The number of nitrogens with zero attached hydrogens (tertiary/aromatic N) is 7. The first-order chi connectivity index (χ1) is 20.7. The summed E-state index contributed by atoms with van der Waals surface area (Å²) in [6.07, 6.45) is 3.43. The lowest BCUT2D eigenvalue weighted by Crippen LogP contribution is -2.59. The fraction of sp³-hybridized carbons (Fsp3) is 0.469. The monoisotopic (exact) mass is 647 g/mol. The molecule has 2 aromatic carbocycles. The van der Waals surface area contributed by atoms with Crippen LogP contribution in [0.25, 0.3) is 0 Å². The van der Waals surface area contributed by atoms with E-state index in [1.54, 1.807) is 4.68 Å². The zero-order valence-electron chi connectivity index (χ0n) is 25.1. The maximum Gasteiger partial charge on any atom is 0.267 e. The van der Waals surface area contributed by atoms with Crippen molar-refractivity contribution in [2.75, 3.05) is 24.5 Å². The quantitative estimate of drug-likeness (QED) is 0.387. The summed E-state index contributed by atoms with van der Waals surface area (Å²) in [5, 5.41) is 13.1. The number of amides is 2. The van der Waals surface area contributed by atoms with Crippen LogP contribution in [0.4, 0.5) is 5.69 Å². The smallest absolute Gasteiger partial charge is 0.267 e. The Labute approximate surface area is 260 Å². The lowest BCUT2D eigenvalue weighted by atomic mass is 9.97. The number of hydrogen-bond donors (Lipinski definition) is 0. The van der Waals surface area contributed by atoms with Crippen LogP contribution in [0.5, 0.6) is 0 Å². The normalized spacial score (nSPS) is 24.7. The minimum Gasteiger partial charge on any atom is -0.382 e. The molecule has 11 heteroatoms. The molecular formula is C32H38BrN7O3. The highest BCUT2D eigenvalue weighted by atomic mass is 79.9. The summed E-state index contributed by atoms with van der Waals surface area (Å²) in [4.78, 5) is 38.7. The Hall–Kier alpha value is -3.57. The molecule has 226 valence electrons. The van der Waals surface area contributed by atoms with Gasteiger partial charge in [0.25, 0.3) is 11.8 Å². The molecule has 0 saturated carbocycles. The second-order valence-electron chi connectivity index (χ2n) is 12.1. The van der Waals surface area contributed by atoms with Crippen LogP contribution in [0.1, 0.15) is 61.5 Å². The summed E-state index contributed by atoms with van der Waals surface area (Å²) in [6.45, 7) is 10.9. The van der Waals surface area contributed by atoms with Crippen LogP contribution >= 0.6 is 15.9 Å². The van der Waals surface area contributed by atoms with E-state index in [9.17, 15) is 9.59 Å². The molecule has 10 nitrogen and oxygen atoms in total. The fourth-order valence-corrected chi connectivity index (χ4v) is 6.74. The van der Waals surface area contributed by atoms with Crippen molar-refractivity contribution in [3.8, 4) is 0 Å². The fourth-order valence-electron chi connectivity index (χ4n) is 6.47. The number of benzene rings is 2. The van der Waals surface area contributed by atoms with Crippen molar-refractivity contribution < 1.29 is 14.4 Å². The first-order valence-electron chi connectivity index (χ1n) is 15.0. The van der Waals surface area contributed by atoms with Gasteiger partial charge in [-0.3, -0.25) is 14.5 Å². The lowest BCUT2D eigenvalue weighted by molar-refractivity contribution is -0.146. The molecule has 0 spiro atoms. The number of rotatable bonds is 6. The van der Waals surface area contributed by atoms with Crippen LogP contribution in [0.15, 0.2) is 58.3 Å². The topological polar surface area (TPSA) is 96.2 Å². The molecule has 2 saturated heterocycles. The molecule has 4 heterocycles. The second kappa shape index (κ2) is 12.2. The Bertz CT molecular complexity index is 1530. The Morgan fingerprint density at radius 1 is 1.07 bits per heavy atom. The van der Waals surface area contributed by atoms with E-state index in [0.29, 0.717) is 32.6 Å². The molecule has 6 rings (SSSR count). The summed E-state index contributed by atoms with van der Waals surface area (Å²) in [5.74, 6) is 0.0252. The maximum atomic E-state index is 13.5. The Balaban J connectivity index is 1.06. The van der Waals surface area contributed by atoms with Crippen LogP contribution in [0.2, 0.25) is 0 Å². The third kappa shape index (κ3) is 6.10. The lowest BCUT2D eigenvalue weighted by Gasteiger charge is -2.44. The van der Waals surface area contributed by atoms with E-state index in [1.807, 2.05) is 40.3 Å². The Kier molecular flexibility index (Phi) is 8.37. The highest BCUT2D eigenvalue weighted by molar-refractivity contribution is 9.10. The maximum absolute atomic E-state index is 13.5. The average molecular weight is 649 g/mol. The molecule has 2 unspecified atom stereocenters. The van der Waals surface area contributed by atoms with Gasteiger partial charge in [-0.25, -0.2) is 4.68 Å². The van der Waals surface area contributed by atoms with Crippen LogP contribution < -0.4 is 4.90 Å². The number of aromatic nitrogens is 3. The first kappa shape index (κ1) is 29.5. The first-order valence-corrected chi connectivity index (χ1v) is 15.8. The number of hydrogen-bond acceptors (Lipinski definition) is 7. The standard InChI is InChI=1S/C32H38BrN7O3/c1-20-7-8-21(2)27(14-20)28-15-30(43-35-28)32(42)37-16-22(3)39(23(4)17-37)18-25-19-40(36-34-25)29-6-5-13-38(31(29)41)26-11-9-24(33)10-12-26/h7-12,14,19,22-23,29-30H,5-6,13,15-18H2,1-4H3/t22-,23+,29?,30?. The van der Waals surface area contributed by atoms with Crippen molar-refractivity contribution in [3.05, 3.63) is 75.5 Å². The zero-order chi connectivity index (χ0) is 30.2. The summed E-state index contributed by atoms with van der Waals surface area (Å²) in [5.41, 5.74) is 5.88. The van der Waals surface area contributed by atoms with Gasteiger partial charge in [0.05, 0.1) is 17.6 Å². The number of oxime groups is 1. The molecule has 2 fully saturated rings. The predicted molar refractivity (Wildman–Crippen MR) is 168 cm³/mol. The highest BCUT2D eigenvalue weighted by Crippen LogP contribution is 2.29. The minimum absolute atomic E-state index is 0.0144. The van der Waals surface area contributed by atoms with Crippen molar-refractivity contribution in [1.82, 2.24) is 24.8 Å². The van der Waals surface area contributed by atoms with E-state index < -0.39 is 6.10 Å². The molecule has 3 aromatic rings. The predicted octanol–water partition coefficient (Wildman–Crippen LogP) is 4.64. The van der Waals surface area contributed by atoms with Gasteiger partial charge in [0.15, 0.2) is 0 Å². The zero-order valence-corrected chi connectivity index (χ0v) is 26.7. The highest BCUT2D eigenvalue weighted by Gasteiger charge is 2.39. The molecular weight excluding hydrogens is 610 g/mol. The van der Waals surface area contributed by atoms with E-state index in [0.717, 1.165) is 51.1 Å². The number of carbonyl (C=O) groups excluding carboxylic acids is 2. The van der Waals surface area contributed by atoms with Gasteiger partial charge in [-0.05, 0) is 76.4 Å². The molecule has 0 radical (unpaired) electrons. The third-order valence-corrected chi connectivity index (χ3v) is 9.36. The van der Waals surface area contributed by atoms with E-state index in [1.165, 1.54) is 0 Å². The molecule has 43 heavy (non-hydrogen) atoms. The number of carbonyl (C=O) groups is 2. The van der Waals surface area contributed by atoms with Crippen molar-refractivity contribution >= 4 is 39.1 Å². The summed E-state index contributed by atoms with van der Waals surface area (Å²) >= 11 is 3.47. The van der Waals surface area contributed by atoms with Gasteiger partial charge in [0.2, 0.25) is 6.10 Å². The summed E-state index contributed by atoms with van der Waals surface area (Å²) < 4.78 is 2.71. The van der Waals surface area contributed by atoms with Gasteiger partial charge >= 0.3 is 0 Å². The largest absolute Gasteiger partial charge is 0.382 e. The van der Waals surface area contributed by atoms with E-state index in [-0.39, 0.29) is 29.9 Å². The molecule has 0 bridgehead atoms. The van der Waals surface area contributed by atoms with Gasteiger partial charge in [0.1, 0.15) is 6.04 Å². The number of anilines is 1. The average Bonchev–Trinajstić information content (AvgIpc) is 3.67. The van der Waals surface area contributed by atoms with Crippen LogP contribution in [-0.2, 0) is 21.0 Å². The molecule has 0 N–H and O–H groups in total. The van der Waals surface area contributed by atoms with E-state index in [4.69, 9.17) is 4.84 Å². The van der Waals surface area contributed by atoms with Gasteiger partial charge < -0.3 is 14.6 Å². The molecule has 3 aliphatic heterocycles. The third-order valence-electron chi connectivity index (χ3n) is 8.83. The summed E-state index contributed by atoms with van der Waals surface area (Å²) in [7, 11) is 0. The molecule has 4 atom stereocenters. The number of piperazine rings is 1. The van der Waals surface area contributed by atoms with E-state index in [2.05, 4.69) is 82.2 Å². The van der Waals surface area contributed by atoms with Crippen molar-refractivity contribution in [1.29, 1.82) is 0 Å². The minimum atomic E-state index is -0.592. The molecule has 1 aromatic heterocycles. The van der Waals surface area contributed by atoms with Crippen LogP contribution in [0.3, 0.4) is 0 Å². The van der Waals surface area contributed by atoms with Gasteiger partial charge in [-0.1, -0.05) is 44.0 Å². The van der Waals surface area contributed by atoms with Gasteiger partial charge in [-0.15, -0.1) is 5.10 Å². The van der Waals surface area contributed by atoms with Crippen molar-refractivity contribution in [2.45, 2.75) is 77.7 Å². The molecule has 0 aliphatic carbocycles.